The topological polar surface area (TPSA) is 112 Å². The maximum atomic E-state index is 13.8. The van der Waals surface area contributed by atoms with Gasteiger partial charge in [-0.25, -0.2) is 9.78 Å². The molecule has 1 fully saturated rings. The number of hydrogen-bond acceptors (Lipinski definition) is 7. The zero-order chi connectivity index (χ0) is 32.1. The van der Waals surface area contributed by atoms with Crippen molar-refractivity contribution in [3.8, 4) is 0 Å². The molecule has 1 aliphatic rings. The minimum Gasteiger partial charge on any atom is -0.444 e. The van der Waals surface area contributed by atoms with Crippen molar-refractivity contribution >= 4 is 51.1 Å². The van der Waals surface area contributed by atoms with Gasteiger partial charge in [0.15, 0.2) is 0 Å². The van der Waals surface area contributed by atoms with E-state index < -0.39 is 23.6 Å². The second kappa shape index (κ2) is 13.5. The van der Waals surface area contributed by atoms with Crippen LogP contribution in [0, 0.1) is 0 Å². The van der Waals surface area contributed by atoms with Crippen LogP contribution in [0.25, 0.3) is 10.2 Å². The number of likely N-dealkylation sites (N-methyl/N-ethyl adjacent to an activating group) is 1. The number of piperazine rings is 1. The van der Waals surface area contributed by atoms with Crippen molar-refractivity contribution in [3.63, 3.8) is 0 Å². The van der Waals surface area contributed by atoms with E-state index in [0.29, 0.717) is 37.4 Å². The molecule has 4 amide bonds. The molecule has 0 spiro atoms. The van der Waals surface area contributed by atoms with E-state index in [2.05, 4.69) is 10.3 Å². The Morgan fingerprint density at radius 3 is 2.31 bits per heavy atom. The summed E-state index contributed by atoms with van der Waals surface area (Å²) < 4.78 is 6.47. The molecule has 1 saturated heterocycles. The summed E-state index contributed by atoms with van der Waals surface area (Å²) in [5.74, 6) is -0.975. The lowest BCUT2D eigenvalue weighted by molar-refractivity contribution is -0.120. The zero-order valence-corrected chi connectivity index (χ0v) is 26.7. The second-order valence-electron chi connectivity index (χ2n) is 12.0. The Bertz CT molecular complexity index is 1690. The molecule has 0 radical (unpaired) electrons. The first kappa shape index (κ1) is 31.6. The number of fused-ring (bicyclic) bond motifs is 1. The number of rotatable bonds is 7. The first-order chi connectivity index (χ1) is 21.5. The third-order valence-corrected chi connectivity index (χ3v) is 8.32. The van der Waals surface area contributed by atoms with Crippen LogP contribution in [-0.4, -0.2) is 83.5 Å². The van der Waals surface area contributed by atoms with Gasteiger partial charge in [0, 0.05) is 56.5 Å². The van der Waals surface area contributed by atoms with Gasteiger partial charge in [0.2, 0.25) is 5.91 Å². The van der Waals surface area contributed by atoms with Gasteiger partial charge < -0.3 is 24.8 Å². The van der Waals surface area contributed by atoms with E-state index in [0.717, 1.165) is 15.8 Å². The van der Waals surface area contributed by atoms with Crippen molar-refractivity contribution in [1.82, 2.24) is 20.1 Å². The molecule has 10 nitrogen and oxygen atoms in total. The lowest BCUT2D eigenvalue weighted by Crippen LogP contribution is -2.51. The predicted molar refractivity (Wildman–Crippen MR) is 175 cm³/mol. The molecule has 4 aromatic rings. The van der Waals surface area contributed by atoms with Crippen molar-refractivity contribution in [2.24, 2.45) is 0 Å². The van der Waals surface area contributed by atoms with Gasteiger partial charge in [-0.15, -0.1) is 11.3 Å². The first-order valence-corrected chi connectivity index (χ1v) is 15.7. The average Bonchev–Trinajstić information content (AvgIpc) is 3.51. The Labute approximate surface area is 266 Å². The molecule has 5 rings (SSSR count). The maximum Gasteiger partial charge on any atom is 0.410 e. The second-order valence-corrected chi connectivity index (χ2v) is 12.8. The van der Waals surface area contributed by atoms with Crippen molar-refractivity contribution < 1.29 is 23.9 Å². The number of anilines is 1. The summed E-state index contributed by atoms with van der Waals surface area (Å²) in [4.78, 5) is 62.3. The van der Waals surface area contributed by atoms with Gasteiger partial charge in [-0.2, -0.15) is 0 Å². The Balaban J connectivity index is 1.28. The number of aromatic nitrogens is 1. The van der Waals surface area contributed by atoms with E-state index in [1.165, 1.54) is 16.2 Å². The number of thiazole rings is 1. The van der Waals surface area contributed by atoms with Gasteiger partial charge in [-0.3, -0.25) is 14.4 Å². The van der Waals surface area contributed by atoms with Crippen molar-refractivity contribution in [3.05, 3.63) is 95.0 Å². The number of ether oxygens (including phenoxy) is 1. The van der Waals surface area contributed by atoms with Crippen LogP contribution >= 0.6 is 11.3 Å². The fourth-order valence-electron chi connectivity index (χ4n) is 5.10. The van der Waals surface area contributed by atoms with E-state index in [9.17, 15) is 19.2 Å². The maximum absolute atomic E-state index is 13.8. The molecule has 0 unspecified atom stereocenters. The van der Waals surface area contributed by atoms with Crippen LogP contribution in [0.1, 0.15) is 47.1 Å². The average molecular weight is 628 g/mol. The molecule has 11 heteroatoms. The summed E-state index contributed by atoms with van der Waals surface area (Å²) >= 11 is 1.53. The smallest absolute Gasteiger partial charge is 0.410 e. The Kier molecular flexibility index (Phi) is 9.48. The highest BCUT2D eigenvalue weighted by molar-refractivity contribution is 7.16. The van der Waals surface area contributed by atoms with Crippen LogP contribution in [0.5, 0.6) is 0 Å². The van der Waals surface area contributed by atoms with Gasteiger partial charge in [-0.1, -0.05) is 36.4 Å². The number of nitrogens with zero attached hydrogens (tertiary/aromatic N) is 4. The SMILES string of the molecule is CN(C(=O)[C@H](Cc1ccccc1)NC(=O)c1cccc(C(=O)N2CCN(C(=O)OC(C)(C)C)CC2)c1)c1ccc2scnc2c1. The quantitative estimate of drug-likeness (QED) is 0.309. The summed E-state index contributed by atoms with van der Waals surface area (Å²) in [6.45, 7) is 6.85. The predicted octanol–water partition coefficient (Wildman–Crippen LogP) is 4.99. The Hall–Kier alpha value is -4.77. The Morgan fingerprint density at radius 2 is 1.60 bits per heavy atom. The van der Waals surface area contributed by atoms with Gasteiger partial charge in [0.25, 0.3) is 11.8 Å². The van der Waals surface area contributed by atoms with Gasteiger partial charge >= 0.3 is 6.09 Å². The highest BCUT2D eigenvalue weighted by Crippen LogP contribution is 2.24. The summed E-state index contributed by atoms with van der Waals surface area (Å²) in [5, 5.41) is 2.92. The van der Waals surface area contributed by atoms with Crippen LogP contribution in [0.3, 0.4) is 0 Å². The molecule has 0 bridgehead atoms. The summed E-state index contributed by atoms with van der Waals surface area (Å²) in [6.07, 6.45) is -0.114. The minimum atomic E-state index is -0.865. The van der Waals surface area contributed by atoms with Gasteiger partial charge in [0.1, 0.15) is 11.6 Å². The van der Waals surface area contributed by atoms with Crippen LogP contribution in [-0.2, 0) is 16.0 Å². The molecule has 1 aromatic heterocycles. The third-order valence-electron chi connectivity index (χ3n) is 7.51. The van der Waals surface area contributed by atoms with E-state index in [1.54, 1.807) is 46.6 Å². The van der Waals surface area contributed by atoms with E-state index >= 15 is 0 Å². The standard InChI is InChI=1S/C34H37N5O5S/c1-34(2,3)44-33(43)39-17-15-38(16-18-39)31(41)25-12-8-11-24(20-25)30(40)36-28(19-23-9-6-5-7-10-23)32(42)37(4)26-13-14-29-27(21-26)35-22-45-29/h5-14,20-22,28H,15-19H2,1-4H3,(H,36,40)/t28-/m0/s1. The number of carbonyl (C=O) groups is 4. The third kappa shape index (κ3) is 7.85. The molecule has 1 aliphatic heterocycles. The fraction of sp³-hybridized carbons (Fsp3) is 0.324. The molecule has 2 heterocycles. The molecule has 1 N–H and O–H groups in total. The van der Waals surface area contributed by atoms with Crippen LogP contribution < -0.4 is 10.2 Å². The molecule has 45 heavy (non-hydrogen) atoms. The largest absolute Gasteiger partial charge is 0.444 e. The highest BCUT2D eigenvalue weighted by Gasteiger charge is 2.29. The van der Waals surface area contributed by atoms with Crippen LogP contribution in [0.4, 0.5) is 10.5 Å². The summed E-state index contributed by atoms with van der Waals surface area (Å²) in [5.41, 5.74) is 4.16. The molecule has 0 aliphatic carbocycles. The van der Waals surface area contributed by atoms with Crippen molar-refractivity contribution in [1.29, 1.82) is 0 Å². The monoisotopic (exact) mass is 627 g/mol. The van der Waals surface area contributed by atoms with Crippen LogP contribution in [0.15, 0.2) is 78.3 Å². The van der Waals surface area contributed by atoms with Crippen LogP contribution in [0.2, 0.25) is 0 Å². The zero-order valence-electron chi connectivity index (χ0n) is 25.9. The number of hydrogen-bond donors (Lipinski definition) is 1. The summed E-state index contributed by atoms with van der Waals surface area (Å²) in [7, 11) is 1.68. The molecule has 1 atom stereocenters. The molecule has 3 aromatic carbocycles. The van der Waals surface area contributed by atoms with Crippen molar-refractivity contribution in [2.75, 3.05) is 38.1 Å². The molecular formula is C34H37N5O5S. The summed E-state index contributed by atoms with van der Waals surface area (Å²) in [6, 6.07) is 20.8. The van der Waals surface area contributed by atoms with E-state index in [-0.39, 0.29) is 23.8 Å². The van der Waals surface area contributed by atoms with Gasteiger partial charge in [-0.05, 0) is 62.7 Å². The number of nitrogens with one attached hydrogen (secondary N) is 1. The molecule has 234 valence electrons. The Morgan fingerprint density at radius 1 is 0.911 bits per heavy atom. The minimum absolute atomic E-state index is 0.234. The fourth-order valence-corrected chi connectivity index (χ4v) is 5.76. The van der Waals surface area contributed by atoms with E-state index in [1.807, 2.05) is 69.3 Å². The first-order valence-electron chi connectivity index (χ1n) is 14.8. The van der Waals surface area contributed by atoms with Crippen molar-refractivity contribution in [2.45, 2.75) is 38.8 Å². The van der Waals surface area contributed by atoms with Gasteiger partial charge in [0.05, 0.1) is 15.7 Å². The lowest BCUT2D eigenvalue weighted by Gasteiger charge is -2.35. The lowest BCUT2D eigenvalue weighted by atomic mass is 10.0. The molecular weight excluding hydrogens is 590 g/mol. The number of benzene rings is 3. The number of amides is 4. The molecule has 0 saturated carbocycles. The number of carbonyl (C=O) groups excluding carboxylic acids is 4. The van der Waals surface area contributed by atoms with E-state index in [4.69, 9.17) is 4.74 Å². The normalized spacial score (nSPS) is 14.1. The highest BCUT2D eigenvalue weighted by atomic mass is 32.1.